The van der Waals surface area contributed by atoms with E-state index in [0.29, 0.717) is 11.5 Å². The molecule has 0 saturated carbocycles. The molecule has 1 aliphatic heterocycles. The van der Waals surface area contributed by atoms with Gasteiger partial charge < -0.3 is 14.0 Å². The zero-order valence-corrected chi connectivity index (χ0v) is 9.18. The van der Waals surface area contributed by atoms with Crippen LogP contribution in [0, 0.1) is 0 Å². The van der Waals surface area contributed by atoms with Crippen molar-refractivity contribution in [2.45, 2.75) is 0 Å². The summed E-state index contributed by atoms with van der Waals surface area (Å²) in [5, 5.41) is 0. The van der Waals surface area contributed by atoms with Crippen molar-refractivity contribution >= 4 is 28.6 Å². The van der Waals surface area contributed by atoms with Crippen LogP contribution in [0.3, 0.4) is 0 Å². The maximum Gasteiger partial charge on any atom is 0.428 e. The number of halogens is 2. The van der Waals surface area contributed by atoms with Gasteiger partial charge in [-0.25, -0.2) is 4.57 Å². The number of ether oxygens (including phenoxy) is 2. The molecule has 0 N–H and O–H groups in total. The fourth-order valence-corrected chi connectivity index (χ4v) is 1.89. The molecule has 1 heterocycles. The molecular formula is C7H5Cl2O4P. The predicted molar refractivity (Wildman–Crippen MR) is 52.5 cm³/mol. The van der Waals surface area contributed by atoms with Gasteiger partial charge in [0.2, 0.25) is 6.79 Å². The Morgan fingerprint density at radius 1 is 1.29 bits per heavy atom. The van der Waals surface area contributed by atoms with Crippen molar-refractivity contribution in [3.63, 3.8) is 0 Å². The smallest absolute Gasteiger partial charge is 0.428 e. The molecule has 1 aromatic carbocycles. The maximum atomic E-state index is 10.9. The van der Waals surface area contributed by atoms with Crippen LogP contribution in [0.25, 0.3) is 0 Å². The monoisotopic (exact) mass is 254 g/mol. The average molecular weight is 255 g/mol. The van der Waals surface area contributed by atoms with Crippen molar-refractivity contribution < 1.29 is 18.6 Å². The Morgan fingerprint density at radius 2 is 2.00 bits per heavy atom. The molecule has 0 amide bonds. The molecule has 14 heavy (non-hydrogen) atoms. The third kappa shape index (κ3) is 2.27. The standard InChI is InChI=1S/C7H5Cl2O4P/c8-14(9,10)13-5-1-2-6-7(3-5)12-4-11-6/h1-3H,4H2. The summed E-state index contributed by atoms with van der Waals surface area (Å²) >= 11 is 10.5. The number of hydrogen-bond donors (Lipinski definition) is 0. The van der Waals surface area contributed by atoms with E-state index in [4.69, 9.17) is 36.5 Å². The summed E-state index contributed by atoms with van der Waals surface area (Å²) in [6, 6.07) is 4.69. The molecule has 76 valence electrons. The zero-order chi connectivity index (χ0) is 10.2. The lowest BCUT2D eigenvalue weighted by Crippen LogP contribution is -1.92. The minimum atomic E-state index is -3.56. The number of benzene rings is 1. The van der Waals surface area contributed by atoms with Gasteiger partial charge in [0.15, 0.2) is 11.5 Å². The summed E-state index contributed by atoms with van der Waals surface area (Å²) < 4.78 is 25.8. The zero-order valence-electron chi connectivity index (χ0n) is 6.78. The van der Waals surface area contributed by atoms with E-state index in [0.717, 1.165) is 0 Å². The van der Waals surface area contributed by atoms with E-state index in [1.807, 2.05) is 0 Å². The second kappa shape index (κ2) is 3.54. The van der Waals surface area contributed by atoms with E-state index < -0.39 is 6.07 Å². The second-order valence-corrected chi connectivity index (χ2v) is 6.72. The summed E-state index contributed by atoms with van der Waals surface area (Å²) in [5.41, 5.74) is 0. The molecule has 0 fully saturated rings. The highest BCUT2D eigenvalue weighted by Gasteiger charge is 2.19. The summed E-state index contributed by atoms with van der Waals surface area (Å²) in [5.74, 6) is 1.41. The Balaban J connectivity index is 2.25. The van der Waals surface area contributed by atoms with Gasteiger partial charge in [0.05, 0.1) is 0 Å². The van der Waals surface area contributed by atoms with Crippen LogP contribution in [-0.4, -0.2) is 6.79 Å². The van der Waals surface area contributed by atoms with Gasteiger partial charge in [-0.2, -0.15) is 0 Å². The van der Waals surface area contributed by atoms with Crippen LogP contribution in [0.5, 0.6) is 17.2 Å². The quantitative estimate of drug-likeness (QED) is 0.760. The molecule has 0 saturated heterocycles. The minimum absolute atomic E-state index is 0.165. The lowest BCUT2D eigenvalue weighted by Gasteiger charge is -2.05. The van der Waals surface area contributed by atoms with Crippen LogP contribution in [0.15, 0.2) is 18.2 Å². The first-order valence-electron chi connectivity index (χ1n) is 3.63. The van der Waals surface area contributed by atoms with Gasteiger partial charge in [-0.15, -0.1) is 0 Å². The molecule has 1 aromatic rings. The van der Waals surface area contributed by atoms with E-state index in [1.165, 1.54) is 6.07 Å². The van der Waals surface area contributed by atoms with E-state index in [2.05, 4.69) is 0 Å². The number of fused-ring (bicyclic) bond motifs is 1. The highest BCUT2D eigenvalue weighted by molar-refractivity contribution is 8.05. The average Bonchev–Trinajstić information content (AvgIpc) is 2.47. The molecule has 0 atom stereocenters. The first-order valence-corrected chi connectivity index (χ1v) is 7.07. The van der Waals surface area contributed by atoms with Gasteiger partial charge in [-0.1, -0.05) is 0 Å². The van der Waals surface area contributed by atoms with Crippen molar-refractivity contribution in [3.8, 4) is 17.2 Å². The Bertz CT molecular complexity index is 403. The van der Waals surface area contributed by atoms with Gasteiger partial charge in [-0.05, 0) is 12.1 Å². The summed E-state index contributed by atoms with van der Waals surface area (Å²) in [7, 11) is 0. The number of hydrogen-bond acceptors (Lipinski definition) is 4. The molecule has 0 aromatic heterocycles. The van der Waals surface area contributed by atoms with Crippen LogP contribution in [0.4, 0.5) is 0 Å². The van der Waals surface area contributed by atoms with Gasteiger partial charge in [-0.3, -0.25) is 0 Å². The van der Waals surface area contributed by atoms with Crippen molar-refractivity contribution in [1.82, 2.24) is 0 Å². The molecular weight excluding hydrogens is 250 g/mol. The van der Waals surface area contributed by atoms with Crippen LogP contribution < -0.4 is 14.0 Å². The highest BCUT2D eigenvalue weighted by atomic mass is 35.9. The molecule has 1 aliphatic rings. The lowest BCUT2D eigenvalue weighted by molar-refractivity contribution is 0.174. The molecule has 0 aliphatic carbocycles. The van der Waals surface area contributed by atoms with Crippen molar-refractivity contribution in [2.75, 3.05) is 6.79 Å². The predicted octanol–water partition coefficient (Wildman–Crippen LogP) is 3.38. The Labute approximate surface area is 89.7 Å². The fourth-order valence-electron chi connectivity index (χ4n) is 1.06. The maximum absolute atomic E-state index is 10.9. The van der Waals surface area contributed by atoms with E-state index in [1.54, 1.807) is 12.1 Å². The molecule has 0 radical (unpaired) electrons. The van der Waals surface area contributed by atoms with E-state index >= 15 is 0 Å². The van der Waals surface area contributed by atoms with Gasteiger partial charge in [0.25, 0.3) is 0 Å². The lowest BCUT2D eigenvalue weighted by atomic mass is 10.3. The summed E-state index contributed by atoms with van der Waals surface area (Å²) in [6.07, 6.45) is -3.56. The minimum Gasteiger partial charge on any atom is -0.454 e. The van der Waals surface area contributed by atoms with Gasteiger partial charge >= 0.3 is 6.07 Å². The van der Waals surface area contributed by atoms with Crippen molar-refractivity contribution in [3.05, 3.63) is 18.2 Å². The molecule has 2 rings (SSSR count). The third-order valence-electron chi connectivity index (χ3n) is 1.56. The molecule has 7 heteroatoms. The Kier molecular flexibility index (Phi) is 2.52. The normalized spacial score (nSPS) is 14.1. The van der Waals surface area contributed by atoms with E-state index in [-0.39, 0.29) is 12.5 Å². The second-order valence-electron chi connectivity index (χ2n) is 2.52. The first kappa shape index (κ1) is 9.97. The van der Waals surface area contributed by atoms with Gasteiger partial charge in [0.1, 0.15) is 5.75 Å². The van der Waals surface area contributed by atoms with Gasteiger partial charge in [0, 0.05) is 28.5 Å². The largest absolute Gasteiger partial charge is 0.454 e. The molecule has 0 spiro atoms. The van der Waals surface area contributed by atoms with Crippen molar-refractivity contribution in [2.24, 2.45) is 0 Å². The van der Waals surface area contributed by atoms with Crippen LogP contribution in [0.1, 0.15) is 0 Å². The summed E-state index contributed by atoms with van der Waals surface area (Å²) in [6.45, 7) is 0.165. The van der Waals surface area contributed by atoms with Crippen LogP contribution >= 0.6 is 28.6 Å². The third-order valence-corrected chi connectivity index (χ3v) is 2.39. The fraction of sp³-hybridized carbons (Fsp3) is 0.143. The SMILES string of the molecule is O=P(Cl)(Cl)Oc1ccc2c(c1)OCO2. The molecule has 4 nitrogen and oxygen atoms in total. The topological polar surface area (TPSA) is 44.8 Å². The van der Waals surface area contributed by atoms with Crippen LogP contribution in [-0.2, 0) is 4.57 Å². The van der Waals surface area contributed by atoms with Crippen LogP contribution in [0.2, 0.25) is 0 Å². The van der Waals surface area contributed by atoms with Crippen molar-refractivity contribution in [1.29, 1.82) is 0 Å². The number of rotatable bonds is 2. The molecule has 0 bridgehead atoms. The first-order chi connectivity index (χ1) is 6.54. The van der Waals surface area contributed by atoms with E-state index in [9.17, 15) is 4.57 Å². The Morgan fingerprint density at radius 3 is 2.71 bits per heavy atom. The Hall–Kier alpha value is -0.570. The summed E-state index contributed by atoms with van der Waals surface area (Å²) in [4.78, 5) is 0. The molecule has 0 unspecified atom stereocenters. The highest BCUT2D eigenvalue weighted by Crippen LogP contribution is 2.57.